The molecular formula is C16H13BrN2O3. The molecule has 0 amide bonds. The fraction of sp³-hybridized carbons (Fsp3) is 0.188. The molecule has 0 saturated carbocycles. The lowest BCUT2D eigenvalue weighted by atomic mass is 10.1. The number of aromatic nitrogens is 2. The van der Waals surface area contributed by atoms with Gasteiger partial charge in [0.2, 0.25) is 5.65 Å². The highest BCUT2D eigenvalue weighted by Crippen LogP contribution is 2.28. The van der Waals surface area contributed by atoms with Gasteiger partial charge in [-0.05, 0) is 32.0 Å². The highest BCUT2D eigenvalue weighted by atomic mass is 79.9. The van der Waals surface area contributed by atoms with E-state index in [-0.39, 0.29) is 0 Å². The molecule has 6 heteroatoms. The van der Waals surface area contributed by atoms with Crippen molar-refractivity contribution in [1.82, 2.24) is 10.1 Å². The van der Waals surface area contributed by atoms with Crippen LogP contribution in [-0.2, 0) is 4.74 Å². The molecule has 0 aliphatic carbocycles. The van der Waals surface area contributed by atoms with E-state index in [1.165, 1.54) is 0 Å². The van der Waals surface area contributed by atoms with Gasteiger partial charge in [-0.15, -0.1) is 0 Å². The Kier molecular flexibility index (Phi) is 3.94. The fourth-order valence-corrected chi connectivity index (χ4v) is 2.50. The van der Waals surface area contributed by atoms with Crippen LogP contribution in [0.25, 0.3) is 22.3 Å². The maximum Gasteiger partial charge on any atom is 0.339 e. The van der Waals surface area contributed by atoms with Crippen molar-refractivity contribution in [1.29, 1.82) is 0 Å². The monoisotopic (exact) mass is 360 g/mol. The van der Waals surface area contributed by atoms with Gasteiger partial charge < -0.3 is 9.26 Å². The quantitative estimate of drug-likeness (QED) is 0.656. The molecule has 0 aliphatic rings. The van der Waals surface area contributed by atoms with E-state index in [9.17, 15) is 4.79 Å². The molecule has 0 saturated heterocycles. The van der Waals surface area contributed by atoms with Crippen LogP contribution >= 0.6 is 15.9 Å². The van der Waals surface area contributed by atoms with Gasteiger partial charge in [0, 0.05) is 10.0 Å². The van der Waals surface area contributed by atoms with Gasteiger partial charge in [0.15, 0.2) is 0 Å². The SMILES string of the molecule is CCOC(=O)c1cc(-c2ccc(Br)cc2)nc2noc(C)c12. The van der Waals surface area contributed by atoms with Crippen LogP contribution < -0.4 is 0 Å². The average molecular weight is 361 g/mol. The number of esters is 1. The Labute approximate surface area is 135 Å². The number of carbonyl (C=O) groups excluding carboxylic acids is 1. The van der Waals surface area contributed by atoms with Crippen molar-refractivity contribution in [2.75, 3.05) is 6.61 Å². The summed E-state index contributed by atoms with van der Waals surface area (Å²) in [7, 11) is 0. The minimum Gasteiger partial charge on any atom is -0.462 e. The second-order valence-electron chi connectivity index (χ2n) is 4.72. The van der Waals surface area contributed by atoms with Crippen molar-refractivity contribution in [3.8, 4) is 11.3 Å². The zero-order valence-electron chi connectivity index (χ0n) is 12.1. The Morgan fingerprint density at radius 1 is 1.32 bits per heavy atom. The number of halogens is 1. The summed E-state index contributed by atoms with van der Waals surface area (Å²) >= 11 is 3.40. The number of hydrogen-bond acceptors (Lipinski definition) is 5. The predicted molar refractivity (Wildman–Crippen MR) is 85.6 cm³/mol. The van der Waals surface area contributed by atoms with Crippen LogP contribution in [0.3, 0.4) is 0 Å². The summed E-state index contributed by atoms with van der Waals surface area (Å²) in [6, 6.07) is 9.38. The van der Waals surface area contributed by atoms with Gasteiger partial charge in [-0.25, -0.2) is 9.78 Å². The van der Waals surface area contributed by atoms with E-state index >= 15 is 0 Å². The minimum atomic E-state index is -0.403. The lowest BCUT2D eigenvalue weighted by Gasteiger charge is -2.06. The number of pyridine rings is 1. The van der Waals surface area contributed by atoms with Crippen LogP contribution in [-0.4, -0.2) is 22.7 Å². The van der Waals surface area contributed by atoms with E-state index < -0.39 is 5.97 Å². The van der Waals surface area contributed by atoms with Gasteiger partial charge in [-0.3, -0.25) is 0 Å². The van der Waals surface area contributed by atoms with Crippen molar-refractivity contribution < 1.29 is 14.1 Å². The van der Waals surface area contributed by atoms with E-state index in [1.807, 2.05) is 24.3 Å². The molecule has 112 valence electrons. The molecule has 0 radical (unpaired) electrons. The van der Waals surface area contributed by atoms with Crippen molar-refractivity contribution >= 4 is 32.9 Å². The molecule has 2 heterocycles. The van der Waals surface area contributed by atoms with Gasteiger partial charge in [-0.1, -0.05) is 33.2 Å². The van der Waals surface area contributed by atoms with Crippen molar-refractivity contribution in [3.63, 3.8) is 0 Å². The maximum absolute atomic E-state index is 12.2. The Morgan fingerprint density at radius 3 is 2.73 bits per heavy atom. The summed E-state index contributed by atoms with van der Waals surface area (Å²) < 4.78 is 11.3. The van der Waals surface area contributed by atoms with Gasteiger partial charge in [-0.2, -0.15) is 0 Å². The Hall–Kier alpha value is -2.21. The smallest absolute Gasteiger partial charge is 0.339 e. The second-order valence-corrected chi connectivity index (χ2v) is 5.64. The van der Waals surface area contributed by atoms with Crippen LogP contribution in [0.1, 0.15) is 23.0 Å². The number of nitrogens with zero attached hydrogens (tertiary/aromatic N) is 2. The number of benzene rings is 1. The zero-order chi connectivity index (χ0) is 15.7. The van der Waals surface area contributed by atoms with E-state index in [0.29, 0.717) is 34.7 Å². The van der Waals surface area contributed by atoms with Crippen molar-refractivity contribution in [2.45, 2.75) is 13.8 Å². The molecule has 2 aromatic heterocycles. The fourth-order valence-electron chi connectivity index (χ4n) is 2.24. The molecule has 0 atom stereocenters. The van der Waals surface area contributed by atoms with E-state index in [1.54, 1.807) is 19.9 Å². The summed E-state index contributed by atoms with van der Waals surface area (Å²) in [5, 5.41) is 4.52. The molecule has 0 bridgehead atoms. The normalized spacial score (nSPS) is 10.9. The number of fused-ring (bicyclic) bond motifs is 1. The zero-order valence-corrected chi connectivity index (χ0v) is 13.7. The molecule has 5 nitrogen and oxygen atoms in total. The van der Waals surface area contributed by atoms with Gasteiger partial charge >= 0.3 is 5.97 Å². The Bertz CT molecular complexity index is 840. The maximum atomic E-state index is 12.2. The molecular weight excluding hydrogens is 348 g/mol. The first-order valence-corrected chi connectivity index (χ1v) is 7.59. The highest BCUT2D eigenvalue weighted by Gasteiger charge is 2.19. The Morgan fingerprint density at radius 2 is 2.05 bits per heavy atom. The third-order valence-electron chi connectivity index (χ3n) is 3.26. The van der Waals surface area contributed by atoms with E-state index in [2.05, 4.69) is 26.1 Å². The standard InChI is InChI=1S/C16H13BrN2O3/c1-3-21-16(20)12-8-13(10-4-6-11(17)7-5-10)18-15-14(12)9(2)22-19-15/h4-8H,3H2,1-2H3. The number of ether oxygens (including phenoxy) is 1. The molecule has 0 fully saturated rings. The predicted octanol–water partition coefficient (Wildman–Crippen LogP) is 4.14. The van der Waals surface area contributed by atoms with E-state index in [0.717, 1.165) is 10.0 Å². The average Bonchev–Trinajstić information content (AvgIpc) is 2.89. The second kappa shape index (κ2) is 5.88. The first-order valence-electron chi connectivity index (χ1n) is 6.80. The van der Waals surface area contributed by atoms with E-state index in [4.69, 9.17) is 9.26 Å². The molecule has 0 N–H and O–H groups in total. The molecule has 0 spiro atoms. The topological polar surface area (TPSA) is 65.2 Å². The summed E-state index contributed by atoms with van der Waals surface area (Å²) in [4.78, 5) is 16.7. The van der Waals surface area contributed by atoms with Crippen molar-refractivity contribution in [2.24, 2.45) is 0 Å². The van der Waals surface area contributed by atoms with Gasteiger partial charge in [0.25, 0.3) is 0 Å². The molecule has 22 heavy (non-hydrogen) atoms. The lowest BCUT2D eigenvalue weighted by Crippen LogP contribution is -2.06. The highest BCUT2D eigenvalue weighted by molar-refractivity contribution is 9.10. The molecule has 0 aliphatic heterocycles. The number of hydrogen-bond donors (Lipinski definition) is 0. The number of rotatable bonds is 3. The van der Waals surface area contributed by atoms with Crippen LogP contribution in [0.15, 0.2) is 39.3 Å². The summed E-state index contributed by atoms with van der Waals surface area (Å²) in [6.07, 6.45) is 0. The lowest BCUT2D eigenvalue weighted by molar-refractivity contribution is 0.0528. The minimum absolute atomic E-state index is 0.306. The van der Waals surface area contributed by atoms with Crippen molar-refractivity contribution in [3.05, 3.63) is 46.1 Å². The largest absolute Gasteiger partial charge is 0.462 e. The third kappa shape index (κ3) is 2.62. The molecule has 1 aromatic carbocycles. The van der Waals surface area contributed by atoms with Crippen LogP contribution in [0.5, 0.6) is 0 Å². The van der Waals surface area contributed by atoms with Crippen LogP contribution in [0.4, 0.5) is 0 Å². The third-order valence-corrected chi connectivity index (χ3v) is 3.79. The van der Waals surface area contributed by atoms with Gasteiger partial charge in [0.1, 0.15) is 5.76 Å². The first-order chi connectivity index (χ1) is 10.6. The number of aryl methyl sites for hydroxylation is 1. The molecule has 3 aromatic rings. The van der Waals surface area contributed by atoms with Crippen LogP contribution in [0, 0.1) is 6.92 Å². The Balaban J connectivity index is 2.20. The molecule has 0 unspecified atom stereocenters. The summed E-state index contributed by atoms with van der Waals surface area (Å²) in [5.74, 6) is 0.146. The molecule has 3 rings (SSSR count). The first kappa shape index (κ1) is 14.7. The van der Waals surface area contributed by atoms with Gasteiger partial charge in [0.05, 0.1) is 23.3 Å². The summed E-state index contributed by atoms with van der Waals surface area (Å²) in [6.45, 7) is 3.83. The summed E-state index contributed by atoms with van der Waals surface area (Å²) in [5.41, 5.74) is 2.36. The number of carbonyl (C=O) groups is 1. The van der Waals surface area contributed by atoms with Crippen LogP contribution in [0.2, 0.25) is 0 Å².